The van der Waals surface area contributed by atoms with Gasteiger partial charge in [-0.2, -0.15) is 0 Å². The summed E-state index contributed by atoms with van der Waals surface area (Å²) in [5.74, 6) is 0.646. The number of carbonyl (C=O) groups is 2. The lowest BCUT2D eigenvalue weighted by Crippen LogP contribution is -2.39. The molecule has 240 valence electrons. The summed E-state index contributed by atoms with van der Waals surface area (Å²) in [7, 11) is 0. The fourth-order valence-corrected chi connectivity index (χ4v) is 5.07. The lowest BCUT2D eigenvalue weighted by atomic mass is 9.81. The van der Waals surface area contributed by atoms with Crippen molar-refractivity contribution in [3.63, 3.8) is 0 Å². The molecule has 12 nitrogen and oxygen atoms in total. The van der Waals surface area contributed by atoms with Crippen LogP contribution in [0.15, 0.2) is 54.3 Å². The number of benzene rings is 2. The van der Waals surface area contributed by atoms with Gasteiger partial charge in [-0.25, -0.2) is 0 Å². The number of hydrogen-bond acceptors (Lipinski definition) is 10. The van der Waals surface area contributed by atoms with Crippen LogP contribution in [0.25, 0.3) is 0 Å². The van der Waals surface area contributed by atoms with Gasteiger partial charge >= 0.3 is 0 Å². The van der Waals surface area contributed by atoms with Crippen molar-refractivity contribution in [2.24, 2.45) is 5.92 Å². The van der Waals surface area contributed by atoms with E-state index in [1.807, 2.05) is 43.3 Å². The number of aliphatic hydroxyl groups is 1. The van der Waals surface area contributed by atoms with Crippen molar-refractivity contribution in [3.8, 4) is 11.5 Å². The summed E-state index contributed by atoms with van der Waals surface area (Å²) in [6.07, 6.45) is 3.26. The lowest BCUT2D eigenvalue weighted by molar-refractivity contribution is -0.168. The molecule has 0 aromatic heterocycles. The van der Waals surface area contributed by atoms with E-state index < -0.39 is 6.29 Å². The number of hydrogen-bond donors (Lipinski definition) is 4. The molecule has 2 aromatic rings. The number of rotatable bonds is 18. The van der Waals surface area contributed by atoms with Gasteiger partial charge in [-0.15, -0.1) is 0 Å². The highest BCUT2D eigenvalue weighted by molar-refractivity contribution is 5.93. The first-order chi connectivity index (χ1) is 21.5. The minimum atomic E-state index is -0.676. The Morgan fingerprint density at radius 1 is 1.02 bits per heavy atom. The van der Waals surface area contributed by atoms with Crippen LogP contribution in [0.4, 0.5) is 11.4 Å². The number of carbonyl (C=O) groups excluding carboxylic acids is 2. The van der Waals surface area contributed by atoms with Crippen molar-refractivity contribution in [1.29, 1.82) is 0 Å². The zero-order chi connectivity index (χ0) is 31.1. The summed E-state index contributed by atoms with van der Waals surface area (Å²) in [5, 5.41) is 14.6. The molecule has 2 aliphatic heterocycles. The first-order valence-corrected chi connectivity index (χ1v) is 15.1. The first-order valence-electron chi connectivity index (χ1n) is 15.1. The van der Waals surface area contributed by atoms with Crippen LogP contribution < -0.4 is 25.8 Å². The highest BCUT2D eigenvalue weighted by Gasteiger charge is 2.38. The van der Waals surface area contributed by atoms with Crippen molar-refractivity contribution in [2.45, 2.75) is 44.8 Å². The maximum Gasteiger partial charge on any atom is 0.286 e. The van der Waals surface area contributed by atoms with E-state index in [2.05, 4.69) is 10.6 Å². The van der Waals surface area contributed by atoms with Gasteiger partial charge in [0, 0.05) is 38.0 Å². The van der Waals surface area contributed by atoms with Gasteiger partial charge in [-0.3, -0.25) is 9.59 Å². The third-order valence-corrected chi connectivity index (χ3v) is 7.28. The van der Waals surface area contributed by atoms with Crippen LogP contribution in [0, 0.1) is 5.92 Å². The van der Waals surface area contributed by atoms with E-state index in [4.69, 9.17) is 39.3 Å². The number of amides is 2. The SMILES string of the molecule is CCO[C@@H]1OC(C(=O)NCCCCC(=O)Nc2ccccc2N)=C[C@H](c2ccc3c(c2)OCO3)[C@@H]1CCOCCOCCO. The fourth-order valence-electron chi connectivity index (χ4n) is 5.07. The predicted octanol–water partition coefficient (Wildman–Crippen LogP) is 3.31. The van der Waals surface area contributed by atoms with Gasteiger partial charge in [-0.1, -0.05) is 18.2 Å². The van der Waals surface area contributed by atoms with Crippen molar-refractivity contribution in [1.82, 2.24) is 5.32 Å². The Kier molecular flexibility index (Phi) is 13.1. The van der Waals surface area contributed by atoms with Crippen molar-refractivity contribution in [2.75, 3.05) is 64.0 Å². The van der Waals surface area contributed by atoms with E-state index in [-0.39, 0.29) is 49.4 Å². The number of nitrogens with one attached hydrogen (secondary N) is 2. The monoisotopic (exact) mass is 613 g/mol. The highest BCUT2D eigenvalue weighted by Crippen LogP contribution is 2.42. The average Bonchev–Trinajstić information content (AvgIpc) is 3.50. The van der Waals surface area contributed by atoms with E-state index in [0.717, 1.165) is 5.56 Å². The Balaban J connectivity index is 1.36. The molecular weight excluding hydrogens is 570 g/mol. The number of unbranched alkanes of at least 4 members (excludes halogenated alkanes) is 1. The Morgan fingerprint density at radius 3 is 2.61 bits per heavy atom. The maximum absolute atomic E-state index is 13.2. The quantitative estimate of drug-likeness (QED) is 0.145. The van der Waals surface area contributed by atoms with E-state index in [1.165, 1.54) is 0 Å². The number of anilines is 2. The van der Waals surface area contributed by atoms with Gasteiger partial charge < -0.3 is 49.9 Å². The smallest absolute Gasteiger partial charge is 0.286 e. The zero-order valence-electron chi connectivity index (χ0n) is 25.1. The van der Waals surface area contributed by atoms with Crippen LogP contribution in [0.1, 0.15) is 44.1 Å². The number of aliphatic hydroxyl groups excluding tert-OH is 1. The standard InChI is InChI=1S/C32H43N3O9/c1-2-41-32-23(12-15-39-17-18-40-16-14-36)24(22-10-11-27-28(19-22)43-21-42-27)20-29(44-32)31(38)34-13-6-5-9-30(37)35-26-8-4-3-7-25(26)33/h3-4,7-8,10-11,19-20,23-24,32,36H,2,5-6,9,12-18,21,33H2,1H3,(H,34,38)(H,35,37)/t23-,24+,32+/m0/s1. The molecule has 3 atom stereocenters. The third-order valence-electron chi connectivity index (χ3n) is 7.28. The molecule has 5 N–H and O–H groups in total. The number of fused-ring (bicyclic) bond motifs is 1. The van der Waals surface area contributed by atoms with Crippen LogP contribution in [-0.2, 0) is 28.5 Å². The second-order valence-corrected chi connectivity index (χ2v) is 10.4. The molecule has 4 rings (SSSR count). The van der Waals surface area contributed by atoms with Crippen molar-refractivity contribution >= 4 is 23.2 Å². The summed E-state index contributed by atoms with van der Waals surface area (Å²) < 4.78 is 34.3. The Hall–Kier alpha value is -3.84. The number of nitrogen functional groups attached to an aromatic ring is 1. The van der Waals surface area contributed by atoms with Crippen LogP contribution in [0.2, 0.25) is 0 Å². The molecule has 0 fully saturated rings. The van der Waals surface area contributed by atoms with Crippen LogP contribution in [-0.4, -0.2) is 76.2 Å². The molecular formula is C32H43N3O9. The lowest BCUT2D eigenvalue weighted by Gasteiger charge is -2.37. The second-order valence-electron chi connectivity index (χ2n) is 10.4. The average molecular weight is 614 g/mol. The Morgan fingerprint density at radius 2 is 1.82 bits per heavy atom. The third kappa shape index (κ3) is 9.58. The summed E-state index contributed by atoms with van der Waals surface area (Å²) >= 11 is 0. The Labute approximate surface area is 257 Å². The maximum atomic E-state index is 13.2. The molecule has 2 heterocycles. The second kappa shape index (κ2) is 17.5. The number of nitrogens with two attached hydrogens (primary N) is 1. The normalized spacial score (nSPS) is 18.8. The molecule has 0 saturated heterocycles. The molecule has 0 unspecified atom stereocenters. The van der Waals surface area contributed by atoms with Crippen molar-refractivity contribution < 1.29 is 43.1 Å². The van der Waals surface area contributed by atoms with E-state index in [1.54, 1.807) is 12.1 Å². The number of ether oxygens (including phenoxy) is 6. The van der Waals surface area contributed by atoms with Gasteiger partial charge in [0.25, 0.3) is 5.91 Å². The van der Waals surface area contributed by atoms with Crippen LogP contribution >= 0.6 is 0 Å². The topological polar surface area (TPSA) is 160 Å². The molecule has 2 aromatic carbocycles. The highest BCUT2D eigenvalue weighted by atomic mass is 16.7. The molecule has 2 amide bonds. The van der Waals surface area contributed by atoms with Gasteiger partial charge in [0.2, 0.25) is 19.0 Å². The predicted molar refractivity (Wildman–Crippen MR) is 163 cm³/mol. The zero-order valence-corrected chi connectivity index (χ0v) is 25.1. The largest absolute Gasteiger partial charge is 0.459 e. The van der Waals surface area contributed by atoms with Gasteiger partial charge in [0.05, 0.1) is 37.8 Å². The summed E-state index contributed by atoms with van der Waals surface area (Å²) in [6.45, 7) is 4.28. The molecule has 44 heavy (non-hydrogen) atoms. The minimum absolute atomic E-state index is 0.0310. The van der Waals surface area contributed by atoms with Crippen LogP contribution in [0.3, 0.4) is 0 Å². The summed E-state index contributed by atoms with van der Waals surface area (Å²) in [6, 6.07) is 12.9. The molecule has 2 aliphatic rings. The molecule has 0 bridgehead atoms. The van der Waals surface area contributed by atoms with Gasteiger partial charge in [-0.05, 0) is 62.1 Å². The number of para-hydroxylation sites is 2. The molecule has 12 heteroatoms. The first kappa shape index (κ1) is 33.1. The molecule has 0 spiro atoms. The van der Waals surface area contributed by atoms with E-state index in [0.29, 0.717) is 81.5 Å². The van der Waals surface area contributed by atoms with Gasteiger partial charge in [0.15, 0.2) is 17.3 Å². The Bertz CT molecular complexity index is 1260. The van der Waals surface area contributed by atoms with Crippen LogP contribution in [0.5, 0.6) is 11.5 Å². The van der Waals surface area contributed by atoms with E-state index in [9.17, 15) is 9.59 Å². The molecule has 0 radical (unpaired) electrons. The molecule has 0 saturated carbocycles. The van der Waals surface area contributed by atoms with E-state index >= 15 is 0 Å². The van der Waals surface area contributed by atoms with Crippen molar-refractivity contribution in [3.05, 3.63) is 59.9 Å². The number of allylic oxidation sites excluding steroid dienone is 1. The van der Waals surface area contributed by atoms with Gasteiger partial charge in [0.1, 0.15) is 0 Å². The fraction of sp³-hybridized carbons (Fsp3) is 0.500. The summed E-state index contributed by atoms with van der Waals surface area (Å²) in [4.78, 5) is 25.5. The minimum Gasteiger partial charge on any atom is -0.459 e. The summed E-state index contributed by atoms with van der Waals surface area (Å²) in [5.41, 5.74) is 7.93. The molecule has 0 aliphatic carbocycles.